The fraction of sp³-hybridized carbons (Fsp3) is 0.308. The Labute approximate surface area is 102 Å². The van der Waals surface area contributed by atoms with E-state index in [-0.39, 0.29) is 0 Å². The largest absolute Gasteiger partial charge is 0.346 e. The van der Waals surface area contributed by atoms with E-state index in [1.807, 2.05) is 25.2 Å². The highest BCUT2D eigenvalue weighted by molar-refractivity contribution is 9.10. The fourth-order valence-corrected chi connectivity index (χ4v) is 3.29. The molecule has 0 amide bonds. The van der Waals surface area contributed by atoms with E-state index in [4.69, 9.17) is 0 Å². The number of benzene rings is 1. The zero-order valence-corrected chi connectivity index (χ0v) is 10.7. The summed E-state index contributed by atoms with van der Waals surface area (Å²) in [4.78, 5) is 12.0. The maximum Gasteiger partial charge on any atom is 0.165 e. The molecule has 0 aliphatic heterocycles. The first-order valence-electron chi connectivity index (χ1n) is 5.49. The molecule has 82 valence electrons. The lowest BCUT2D eigenvalue weighted by atomic mass is 9.94. The number of aromatic nitrogens is 1. The molecule has 0 atom stereocenters. The highest BCUT2D eigenvalue weighted by Gasteiger charge is 2.24. The van der Waals surface area contributed by atoms with Gasteiger partial charge in [0.1, 0.15) is 0 Å². The average molecular weight is 278 g/mol. The van der Waals surface area contributed by atoms with Crippen LogP contribution >= 0.6 is 15.9 Å². The van der Waals surface area contributed by atoms with Crippen LogP contribution in [0.4, 0.5) is 0 Å². The summed E-state index contributed by atoms with van der Waals surface area (Å²) in [5.74, 6) is 0.296. The topological polar surface area (TPSA) is 22.0 Å². The Hall–Kier alpha value is -1.09. The molecule has 16 heavy (non-hydrogen) atoms. The Morgan fingerprint density at radius 1 is 1.31 bits per heavy atom. The molecule has 0 N–H and O–H groups in total. The number of hydrogen-bond acceptors (Lipinski definition) is 1. The summed E-state index contributed by atoms with van der Waals surface area (Å²) in [5.41, 5.74) is 3.28. The van der Waals surface area contributed by atoms with Gasteiger partial charge in [0.15, 0.2) is 5.78 Å². The molecule has 1 heterocycles. The van der Waals surface area contributed by atoms with E-state index in [0.717, 1.165) is 33.8 Å². The van der Waals surface area contributed by atoms with Crippen molar-refractivity contribution in [2.45, 2.75) is 19.3 Å². The second kappa shape index (κ2) is 3.45. The molecule has 1 aliphatic rings. The third-order valence-corrected chi connectivity index (χ3v) is 4.02. The summed E-state index contributed by atoms with van der Waals surface area (Å²) >= 11 is 3.56. The van der Waals surface area contributed by atoms with Gasteiger partial charge in [-0.3, -0.25) is 4.79 Å². The molecule has 1 aromatic heterocycles. The van der Waals surface area contributed by atoms with Gasteiger partial charge in [0.2, 0.25) is 0 Å². The van der Waals surface area contributed by atoms with Crippen molar-refractivity contribution in [3.63, 3.8) is 0 Å². The Bertz CT molecular complexity index is 597. The van der Waals surface area contributed by atoms with Gasteiger partial charge in [0.25, 0.3) is 0 Å². The third kappa shape index (κ3) is 1.21. The fourth-order valence-electron chi connectivity index (χ4n) is 2.66. The van der Waals surface area contributed by atoms with Gasteiger partial charge in [-0.1, -0.05) is 12.1 Å². The van der Waals surface area contributed by atoms with E-state index in [1.54, 1.807) is 0 Å². The Kier molecular flexibility index (Phi) is 2.18. The van der Waals surface area contributed by atoms with Crippen LogP contribution in [0.15, 0.2) is 22.7 Å². The zero-order valence-electron chi connectivity index (χ0n) is 9.09. The molecule has 2 aromatic rings. The van der Waals surface area contributed by atoms with Crippen LogP contribution in [0, 0.1) is 0 Å². The van der Waals surface area contributed by atoms with E-state index in [0.29, 0.717) is 12.2 Å². The number of rotatable bonds is 0. The Morgan fingerprint density at radius 2 is 2.12 bits per heavy atom. The van der Waals surface area contributed by atoms with Gasteiger partial charge in [-0.15, -0.1) is 0 Å². The van der Waals surface area contributed by atoms with Crippen LogP contribution in [0.1, 0.15) is 28.9 Å². The summed E-state index contributed by atoms with van der Waals surface area (Å²) in [5, 5.41) is 1.09. The molecule has 1 aromatic carbocycles. The monoisotopic (exact) mass is 277 g/mol. The van der Waals surface area contributed by atoms with Crippen molar-refractivity contribution in [2.75, 3.05) is 0 Å². The van der Waals surface area contributed by atoms with E-state index >= 15 is 0 Å². The van der Waals surface area contributed by atoms with Crippen molar-refractivity contribution in [1.82, 2.24) is 4.57 Å². The van der Waals surface area contributed by atoms with Crippen LogP contribution in [0.25, 0.3) is 10.9 Å². The number of para-hydroxylation sites is 1. The quantitative estimate of drug-likeness (QED) is 0.723. The van der Waals surface area contributed by atoms with Crippen molar-refractivity contribution in [2.24, 2.45) is 7.05 Å². The molecule has 1 aliphatic carbocycles. The normalized spacial score (nSPS) is 15.5. The lowest BCUT2D eigenvalue weighted by Gasteiger charge is -2.12. The number of aryl methyl sites for hydroxylation is 1. The van der Waals surface area contributed by atoms with Gasteiger partial charge in [0, 0.05) is 34.6 Å². The highest BCUT2D eigenvalue weighted by atomic mass is 79.9. The standard InChI is InChI=1S/C13H12BrNO/c1-15-10-6-3-7-11(16)12(10)8-4-2-5-9(14)13(8)15/h2,4-5H,3,6-7H2,1H3. The number of hydrogen-bond donors (Lipinski definition) is 0. The molecule has 3 rings (SSSR count). The first-order valence-corrected chi connectivity index (χ1v) is 6.28. The summed E-state index contributed by atoms with van der Waals surface area (Å²) < 4.78 is 3.22. The van der Waals surface area contributed by atoms with Gasteiger partial charge in [0.05, 0.1) is 5.52 Å². The van der Waals surface area contributed by atoms with E-state index in [2.05, 4.69) is 20.5 Å². The predicted octanol–water partition coefficient (Wildman–Crippen LogP) is 3.46. The molecular formula is C13H12BrNO. The van der Waals surface area contributed by atoms with Crippen molar-refractivity contribution >= 4 is 32.6 Å². The van der Waals surface area contributed by atoms with Gasteiger partial charge < -0.3 is 4.57 Å². The van der Waals surface area contributed by atoms with Crippen molar-refractivity contribution < 1.29 is 4.79 Å². The van der Waals surface area contributed by atoms with Crippen LogP contribution in [-0.2, 0) is 13.5 Å². The zero-order chi connectivity index (χ0) is 11.3. The van der Waals surface area contributed by atoms with Crippen LogP contribution in [0.3, 0.4) is 0 Å². The molecule has 0 spiro atoms. The molecule has 0 bridgehead atoms. The summed E-state index contributed by atoms with van der Waals surface area (Å²) in [6, 6.07) is 6.06. The van der Waals surface area contributed by atoms with Crippen molar-refractivity contribution in [3.05, 3.63) is 33.9 Å². The second-order valence-electron chi connectivity index (χ2n) is 4.29. The smallest absolute Gasteiger partial charge is 0.165 e. The third-order valence-electron chi connectivity index (χ3n) is 3.38. The molecule has 0 radical (unpaired) electrons. The summed E-state index contributed by atoms with van der Waals surface area (Å²) in [7, 11) is 2.05. The molecular weight excluding hydrogens is 266 g/mol. The van der Waals surface area contributed by atoms with Crippen molar-refractivity contribution in [1.29, 1.82) is 0 Å². The van der Waals surface area contributed by atoms with E-state index in [1.165, 1.54) is 5.69 Å². The number of Topliss-reactive ketones (excluding diaryl/α,β-unsaturated/α-hetero) is 1. The highest BCUT2D eigenvalue weighted by Crippen LogP contribution is 2.34. The molecule has 0 saturated carbocycles. The van der Waals surface area contributed by atoms with Gasteiger partial charge in [-0.2, -0.15) is 0 Å². The Balaban J connectivity index is 2.49. The minimum absolute atomic E-state index is 0.296. The number of nitrogens with zero attached hydrogens (tertiary/aromatic N) is 1. The van der Waals surface area contributed by atoms with E-state index in [9.17, 15) is 4.79 Å². The lowest BCUT2D eigenvalue weighted by Crippen LogP contribution is -2.11. The summed E-state index contributed by atoms with van der Waals surface area (Å²) in [6.07, 6.45) is 2.69. The minimum Gasteiger partial charge on any atom is -0.346 e. The van der Waals surface area contributed by atoms with Crippen molar-refractivity contribution in [3.8, 4) is 0 Å². The van der Waals surface area contributed by atoms with Gasteiger partial charge >= 0.3 is 0 Å². The van der Waals surface area contributed by atoms with Crippen LogP contribution < -0.4 is 0 Å². The minimum atomic E-state index is 0.296. The SMILES string of the molecule is Cn1c2c(c3cccc(Br)c31)C(=O)CCC2. The number of ketones is 1. The maximum absolute atomic E-state index is 12.0. The molecule has 3 heteroatoms. The number of carbonyl (C=O) groups is 1. The maximum atomic E-state index is 12.0. The predicted molar refractivity (Wildman–Crippen MR) is 67.9 cm³/mol. The molecule has 0 unspecified atom stereocenters. The molecule has 2 nitrogen and oxygen atoms in total. The molecule has 0 saturated heterocycles. The second-order valence-corrected chi connectivity index (χ2v) is 5.15. The van der Waals surface area contributed by atoms with Gasteiger partial charge in [-0.25, -0.2) is 0 Å². The number of fused-ring (bicyclic) bond motifs is 3. The molecule has 0 fully saturated rings. The van der Waals surface area contributed by atoms with Crippen LogP contribution in [0.5, 0.6) is 0 Å². The number of halogens is 1. The first-order chi connectivity index (χ1) is 7.70. The average Bonchev–Trinajstić information content (AvgIpc) is 2.56. The van der Waals surface area contributed by atoms with Crippen LogP contribution in [0.2, 0.25) is 0 Å². The summed E-state index contributed by atoms with van der Waals surface area (Å²) in [6.45, 7) is 0. The van der Waals surface area contributed by atoms with Gasteiger partial charge in [-0.05, 0) is 34.8 Å². The lowest BCUT2D eigenvalue weighted by molar-refractivity contribution is 0.0973. The number of carbonyl (C=O) groups excluding carboxylic acids is 1. The Morgan fingerprint density at radius 3 is 2.94 bits per heavy atom. The van der Waals surface area contributed by atoms with Crippen LogP contribution in [-0.4, -0.2) is 10.4 Å². The van der Waals surface area contributed by atoms with E-state index < -0.39 is 0 Å². The first kappa shape index (κ1) is 10.1.